The minimum absolute atomic E-state index is 0.0732. The fraction of sp³-hybridized carbons (Fsp3) is 0.280. The quantitative estimate of drug-likeness (QED) is 0.421. The van der Waals surface area contributed by atoms with E-state index in [1.807, 2.05) is 29.0 Å². The Bertz CT molecular complexity index is 1090. The average molecular weight is 433 g/mol. The van der Waals surface area contributed by atoms with Gasteiger partial charge in [-0.15, -0.1) is 0 Å². The lowest BCUT2D eigenvalue weighted by Crippen LogP contribution is -2.28. The van der Waals surface area contributed by atoms with Gasteiger partial charge in [0.15, 0.2) is 9.76 Å². The van der Waals surface area contributed by atoms with Gasteiger partial charge in [0.1, 0.15) is 11.8 Å². The van der Waals surface area contributed by atoms with Crippen molar-refractivity contribution in [3.8, 4) is 11.8 Å². The molecule has 0 saturated heterocycles. The highest BCUT2D eigenvalue weighted by molar-refractivity contribution is 6.47. The molecule has 0 aliphatic carbocycles. The van der Waals surface area contributed by atoms with Crippen LogP contribution in [-0.4, -0.2) is 26.9 Å². The van der Waals surface area contributed by atoms with Gasteiger partial charge in [0, 0.05) is 17.4 Å². The molecule has 0 unspecified atom stereocenters. The number of carbonyl (C=O) groups excluding carboxylic acids is 1. The molecule has 0 atom stereocenters. The van der Waals surface area contributed by atoms with Crippen LogP contribution < -0.4 is 5.19 Å². The first kappa shape index (κ1) is 22.5. The Balaban J connectivity index is 1.73. The normalized spacial score (nSPS) is 11.6. The topological polar surface area (TPSA) is 64.2 Å². The molecule has 0 aliphatic rings. The first-order chi connectivity index (χ1) is 14.8. The van der Waals surface area contributed by atoms with Crippen LogP contribution >= 0.6 is 0 Å². The summed E-state index contributed by atoms with van der Waals surface area (Å²) < 4.78 is 13.0. The van der Waals surface area contributed by atoms with E-state index in [4.69, 9.17) is 9.16 Å². The monoisotopic (exact) mass is 432 g/mol. The number of hydrogen-bond donors (Lipinski definition) is 0. The number of ether oxygens (including phenoxy) is 1. The Morgan fingerprint density at radius 3 is 2.45 bits per heavy atom. The average Bonchev–Trinajstić information content (AvgIpc) is 3.16. The molecule has 31 heavy (non-hydrogen) atoms. The number of aromatic nitrogens is 1. The van der Waals surface area contributed by atoms with Crippen molar-refractivity contribution in [2.45, 2.75) is 39.7 Å². The molecule has 0 radical (unpaired) electrons. The van der Waals surface area contributed by atoms with E-state index in [0.29, 0.717) is 24.5 Å². The summed E-state index contributed by atoms with van der Waals surface area (Å²) in [5.41, 5.74) is 4.10. The fourth-order valence-corrected chi connectivity index (χ4v) is 5.13. The smallest absolute Gasteiger partial charge is 0.338 e. The molecule has 0 N–H and O–H groups in total. The van der Waals surface area contributed by atoms with E-state index in [9.17, 15) is 10.1 Å². The lowest BCUT2D eigenvalue weighted by molar-refractivity contribution is 0.0526. The molecular formula is C25H28N2O3Si. The largest absolute Gasteiger partial charge is 0.462 e. The van der Waals surface area contributed by atoms with Crippen molar-refractivity contribution in [2.75, 3.05) is 6.61 Å². The Labute approximate surface area is 186 Å². The van der Waals surface area contributed by atoms with Gasteiger partial charge in [-0.3, -0.25) is 0 Å². The highest BCUT2D eigenvalue weighted by Crippen LogP contribution is 2.21. The number of esters is 1. The minimum Gasteiger partial charge on any atom is -0.462 e. The van der Waals surface area contributed by atoms with Crippen LogP contribution in [0.25, 0.3) is 5.69 Å². The zero-order chi connectivity index (χ0) is 22.4. The van der Waals surface area contributed by atoms with Gasteiger partial charge >= 0.3 is 5.97 Å². The molecule has 0 amide bonds. The van der Waals surface area contributed by atoms with Crippen molar-refractivity contribution in [3.05, 3.63) is 83.2 Å². The highest BCUT2D eigenvalue weighted by atomic mass is 28.2. The number of nitriles is 1. The van der Waals surface area contributed by atoms with Crippen LogP contribution in [0.1, 0.15) is 54.9 Å². The fourth-order valence-electron chi connectivity index (χ4n) is 3.55. The second-order valence-electron chi connectivity index (χ2n) is 8.34. The Morgan fingerprint density at radius 2 is 1.81 bits per heavy atom. The summed E-state index contributed by atoms with van der Waals surface area (Å²) in [4.78, 5) is 11.8. The zero-order valence-electron chi connectivity index (χ0n) is 18.5. The maximum atomic E-state index is 11.8. The summed E-state index contributed by atoms with van der Waals surface area (Å²) >= 11 is 0. The van der Waals surface area contributed by atoms with Gasteiger partial charge in [-0.05, 0) is 53.4 Å². The first-order valence-corrected chi connectivity index (χ1v) is 11.7. The predicted molar refractivity (Wildman–Crippen MR) is 125 cm³/mol. The third-order valence-electron chi connectivity index (χ3n) is 5.07. The molecule has 2 aromatic carbocycles. The Hall–Kier alpha value is -3.14. The van der Waals surface area contributed by atoms with Gasteiger partial charge in [0.2, 0.25) is 0 Å². The number of benzene rings is 2. The molecule has 0 spiro atoms. The lowest BCUT2D eigenvalue weighted by atomic mass is 9.87. The van der Waals surface area contributed by atoms with Crippen molar-refractivity contribution < 1.29 is 14.0 Å². The van der Waals surface area contributed by atoms with Gasteiger partial charge in [-0.25, -0.2) is 4.79 Å². The second kappa shape index (κ2) is 9.78. The Kier molecular flexibility index (Phi) is 7.11. The van der Waals surface area contributed by atoms with E-state index in [-0.39, 0.29) is 11.4 Å². The molecule has 160 valence electrons. The number of carbonyl (C=O) groups is 1. The summed E-state index contributed by atoms with van der Waals surface area (Å²) in [6.45, 7) is 9.15. The van der Waals surface area contributed by atoms with Gasteiger partial charge in [-0.2, -0.15) is 5.26 Å². The van der Waals surface area contributed by atoms with Crippen LogP contribution in [0, 0.1) is 11.3 Å². The van der Waals surface area contributed by atoms with Gasteiger partial charge in [0.25, 0.3) is 0 Å². The summed E-state index contributed by atoms with van der Waals surface area (Å²) in [5.74, 6) is -0.350. The van der Waals surface area contributed by atoms with E-state index in [1.54, 1.807) is 19.1 Å². The summed E-state index contributed by atoms with van der Waals surface area (Å²) in [7, 11) is -0.931. The molecule has 5 nitrogen and oxygen atoms in total. The second-order valence-corrected chi connectivity index (χ2v) is 9.80. The van der Waals surface area contributed by atoms with Crippen LogP contribution in [-0.2, 0) is 21.2 Å². The number of hydrogen-bond acceptors (Lipinski definition) is 4. The molecule has 1 aromatic heterocycles. The highest BCUT2D eigenvalue weighted by Gasteiger charge is 2.18. The SMILES string of the molecule is CCOC(=O)c1ccc(-n2ccc(CO[SiH2]c3ccccc3C(C)(C)C)c2C#N)cc1. The minimum atomic E-state index is -0.931. The molecule has 0 saturated carbocycles. The van der Waals surface area contributed by atoms with E-state index in [1.165, 1.54) is 10.8 Å². The molecule has 0 aliphatic heterocycles. The standard InChI is InChI=1S/C25H28N2O3Si/c1-5-29-24(28)18-10-12-20(13-11-18)27-15-14-19(22(27)16-26)17-30-31-23-9-7-6-8-21(23)25(2,3)4/h6-15H,5,17,31H2,1-4H3. The van der Waals surface area contributed by atoms with Crippen LogP contribution in [0.4, 0.5) is 0 Å². The third kappa shape index (κ3) is 5.32. The number of rotatable bonds is 7. The van der Waals surface area contributed by atoms with Crippen molar-refractivity contribution >= 4 is 20.9 Å². The van der Waals surface area contributed by atoms with E-state index < -0.39 is 9.76 Å². The van der Waals surface area contributed by atoms with Crippen LogP contribution in [0.5, 0.6) is 0 Å². The maximum absolute atomic E-state index is 11.8. The lowest BCUT2D eigenvalue weighted by Gasteiger charge is -2.22. The van der Waals surface area contributed by atoms with Gasteiger partial charge < -0.3 is 13.7 Å². The molecule has 0 bridgehead atoms. The van der Waals surface area contributed by atoms with E-state index in [2.05, 4.69) is 51.1 Å². The predicted octanol–water partition coefficient (Wildman–Crippen LogP) is 3.75. The third-order valence-corrected chi connectivity index (χ3v) is 6.41. The van der Waals surface area contributed by atoms with Crippen LogP contribution in [0.2, 0.25) is 0 Å². The van der Waals surface area contributed by atoms with Gasteiger partial charge in [0.05, 0.1) is 18.8 Å². The summed E-state index contributed by atoms with van der Waals surface area (Å²) in [6.07, 6.45) is 1.86. The molecule has 0 fully saturated rings. The first-order valence-electron chi connectivity index (χ1n) is 10.4. The molecule has 3 rings (SSSR count). The van der Waals surface area contributed by atoms with E-state index in [0.717, 1.165) is 11.3 Å². The van der Waals surface area contributed by atoms with Crippen molar-refractivity contribution in [3.63, 3.8) is 0 Å². The number of nitrogens with zero attached hydrogens (tertiary/aromatic N) is 2. The molecule has 1 heterocycles. The van der Waals surface area contributed by atoms with Crippen molar-refractivity contribution in [2.24, 2.45) is 0 Å². The van der Waals surface area contributed by atoms with Crippen molar-refractivity contribution in [1.82, 2.24) is 4.57 Å². The van der Waals surface area contributed by atoms with Crippen LogP contribution in [0.15, 0.2) is 60.8 Å². The summed E-state index contributed by atoms with van der Waals surface area (Å²) in [6, 6.07) is 19.7. The molecular weight excluding hydrogens is 404 g/mol. The zero-order valence-corrected chi connectivity index (χ0v) is 19.9. The molecule has 3 aromatic rings. The van der Waals surface area contributed by atoms with Gasteiger partial charge in [-0.1, -0.05) is 45.0 Å². The van der Waals surface area contributed by atoms with Crippen molar-refractivity contribution in [1.29, 1.82) is 5.26 Å². The van der Waals surface area contributed by atoms with E-state index >= 15 is 0 Å². The Morgan fingerprint density at radius 1 is 1.10 bits per heavy atom. The summed E-state index contributed by atoms with van der Waals surface area (Å²) in [5, 5.41) is 11.0. The van der Waals surface area contributed by atoms with Crippen LogP contribution in [0.3, 0.4) is 0 Å². The maximum Gasteiger partial charge on any atom is 0.338 e. The molecule has 6 heteroatoms.